The molecule has 3 heterocycles. The third kappa shape index (κ3) is 6.38. The number of hydrogen-bond donors (Lipinski definition) is 1. The van der Waals surface area contributed by atoms with Gasteiger partial charge in [-0.2, -0.15) is 15.0 Å². The van der Waals surface area contributed by atoms with Crippen molar-refractivity contribution < 1.29 is 0 Å². The lowest BCUT2D eigenvalue weighted by Gasteiger charge is -2.30. The van der Waals surface area contributed by atoms with Crippen LogP contribution in [0.2, 0.25) is 0 Å². The average molecular weight is 409 g/mol. The Balaban J connectivity index is 1.80. The molecule has 0 radical (unpaired) electrons. The van der Waals surface area contributed by atoms with Crippen LogP contribution in [0.4, 0.5) is 10.3 Å². The minimum Gasteiger partial charge on any atom is -0.361 e. The highest BCUT2D eigenvalue weighted by Gasteiger charge is 2.18. The molecule has 0 atom stereocenters. The van der Waals surface area contributed by atoms with Gasteiger partial charge in [0.15, 0.2) is 15.4 Å². The molecule has 2 aliphatic rings. The van der Waals surface area contributed by atoms with Crippen LogP contribution in [0.3, 0.4) is 0 Å². The molecule has 1 aromatic rings. The summed E-state index contributed by atoms with van der Waals surface area (Å²) >= 11 is 7.11. The summed E-state index contributed by atoms with van der Waals surface area (Å²) in [6.07, 6.45) is 11.1. The molecule has 0 bridgehead atoms. The maximum Gasteiger partial charge on any atom is 0.257 e. The molecule has 1 N–H and O–H groups in total. The summed E-state index contributed by atoms with van der Waals surface area (Å²) in [7, 11) is 0. The van der Waals surface area contributed by atoms with E-state index < -0.39 is 0 Å². The van der Waals surface area contributed by atoms with Gasteiger partial charge >= 0.3 is 0 Å². The van der Waals surface area contributed by atoms with E-state index in [1.807, 2.05) is 0 Å². The van der Waals surface area contributed by atoms with Gasteiger partial charge in [-0.05, 0) is 57.2 Å². The predicted molar refractivity (Wildman–Crippen MR) is 118 cm³/mol. The summed E-state index contributed by atoms with van der Waals surface area (Å²) in [5.41, 5.74) is 0.503. The van der Waals surface area contributed by atoms with Crippen LogP contribution in [0.15, 0.2) is 4.99 Å². The van der Waals surface area contributed by atoms with Crippen molar-refractivity contribution in [2.45, 2.75) is 64.7 Å². The molecule has 0 aliphatic carbocycles. The monoisotopic (exact) mass is 408 g/mol. The van der Waals surface area contributed by atoms with Crippen LogP contribution in [0.25, 0.3) is 0 Å². The maximum absolute atomic E-state index is 5.40. The topological polar surface area (TPSA) is 56.7 Å². The van der Waals surface area contributed by atoms with Gasteiger partial charge in [0.1, 0.15) is 0 Å². The van der Waals surface area contributed by atoms with Crippen molar-refractivity contribution in [3.05, 3.63) is 5.62 Å². The van der Waals surface area contributed by atoms with Gasteiger partial charge in [-0.25, -0.2) is 0 Å². The summed E-state index contributed by atoms with van der Waals surface area (Å²) in [5.74, 6) is 0. The largest absolute Gasteiger partial charge is 0.361 e. The van der Waals surface area contributed by atoms with Crippen molar-refractivity contribution in [1.82, 2.24) is 15.3 Å². The van der Waals surface area contributed by atoms with E-state index in [0.29, 0.717) is 10.7 Å². The van der Waals surface area contributed by atoms with Crippen molar-refractivity contribution in [3.8, 4) is 0 Å². The molecule has 2 saturated heterocycles. The van der Waals surface area contributed by atoms with Crippen LogP contribution >= 0.6 is 23.6 Å². The molecule has 2 aliphatic heterocycles. The lowest BCUT2D eigenvalue weighted by Crippen LogP contribution is -2.35. The zero-order chi connectivity index (χ0) is 18.9. The zero-order valence-electron chi connectivity index (χ0n) is 16.5. The Morgan fingerprint density at radius 3 is 2.04 bits per heavy atom. The Morgan fingerprint density at radius 2 is 1.52 bits per heavy atom. The SMILES string of the molecule is CCCCCNC(=S)N=c1nc(N2CCCCC2)sc(N2CCCCC2)n1. The Labute approximate surface area is 172 Å². The quantitative estimate of drug-likeness (QED) is 0.574. The molecule has 8 heteroatoms. The summed E-state index contributed by atoms with van der Waals surface area (Å²) < 4.78 is 0. The number of rotatable bonds is 6. The third-order valence-electron chi connectivity index (χ3n) is 5.09. The van der Waals surface area contributed by atoms with E-state index in [9.17, 15) is 0 Å². The number of nitrogens with zero attached hydrogens (tertiary/aromatic N) is 5. The lowest BCUT2D eigenvalue weighted by atomic mass is 10.1. The summed E-state index contributed by atoms with van der Waals surface area (Å²) in [6.45, 7) is 7.37. The zero-order valence-corrected chi connectivity index (χ0v) is 18.1. The second-order valence-electron chi connectivity index (χ2n) is 7.34. The first-order valence-corrected chi connectivity index (χ1v) is 11.7. The molecule has 150 valence electrons. The van der Waals surface area contributed by atoms with E-state index >= 15 is 0 Å². The van der Waals surface area contributed by atoms with Crippen molar-refractivity contribution in [2.75, 3.05) is 42.5 Å². The second kappa shape index (κ2) is 10.9. The molecule has 0 spiro atoms. The van der Waals surface area contributed by atoms with Gasteiger partial charge in [-0.3, -0.25) is 0 Å². The van der Waals surface area contributed by atoms with Gasteiger partial charge in [0.2, 0.25) is 0 Å². The van der Waals surface area contributed by atoms with Crippen molar-refractivity contribution in [1.29, 1.82) is 0 Å². The van der Waals surface area contributed by atoms with Gasteiger partial charge in [0, 0.05) is 32.7 Å². The lowest BCUT2D eigenvalue weighted by molar-refractivity contribution is 0.571. The first kappa shape index (κ1) is 20.5. The van der Waals surface area contributed by atoms with Crippen LogP contribution in [-0.2, 0) is 0 Å². The number of nitrogens with one attached hydrogen (secondary N) is 1. The Morgan fingerprint density at radius 1 is 0.963 bits per heavy atom. The van der Waals surface area contributed by atoms with Crippen LogP contribution < -0.4 is 20.7 Å². The first-order chi connectivity index (χ1) is 13.3. The fourth-order valence-electron chi connectivity index (χ4n) is 3.51. The number of piperidine rings is 2. The maximum atomic E-state index is 5.40. The number of anilines is 2. The first-order valence-electron chi connectivity index (χ1n) is 10.5. The van der Waals surface area contributed by atoms with E-state index in [-0.39, 0.29) is 0 Å². The minimum absolute atomic E-state index is 0.497. The molecule has 1 aromatic heterocycles. The molecule has 0 aromatic carbocycles. The minimum atomic E-state index is 0.497. The van der Waals surface area contributed by atoms with E-state index in [1.54, 1.807) is 11.3 Å². The van der Waals surface area contributed by atoms with Crippen LogP contribution in [0, 0.1) is 0 Å². The molecular weight excluding hydrogens is 376 g/mol. The fourth-order valence-corrected chi connectivity index (χ4v) is 4.74. The number of aromatic nitrogens is 2. The highest BCUT2D eigenvalue weighted by atomic mass is 32.1. The second-order valence-corrected chi connectivity index (χ2v) is 8.66. The highest BCUT2D eigenvalue weighted by molar-refractivity contribution is 7.80. The number of hydrogen-bond acceptors (Lipinski definition) is 6. The molecule has 6 nitrogen and oxygen atoms in total. The Kier molecular flexibility index (Phi) is 8.26. The normalized spacial score (nSPS) is 17.7. The van der Waals surface area contributed by atoms with E-state index in [0.717, 1.165) is 49.4 Å². The third-order valence-corrected chi connectivity index (χ3v) is 6.38. The van der Waals surface area contributed by atoms with E-state index in [1.165, 1.54) is 51.4 Å². The summed E-state index contributed by atoms with van der Waals surface area (Å²) in [6, 6.07) is 0. The summed E-state index contributed by atoms with van der Waals surface area (Å²) in [5, 5.41) is 5.80. The molecule has 0 unspecified atom stereocenters. The van der Waals surface area contributed by atoms with E-state index in [4.69, 9.17) is 22.2 Å². The number of unbranched alkanes of at least 4 members (excludes halogenated alkanes) is 2. The molecule has 0 amide bonds. The van der Waals surface area contributed by atoms with Gasteiger partial charge in [0.25, 0.3) is 5.62 Å². The molecule has 2 fully saturated rings. The van der Waals surface area contributed by atoms with Crippen molar-refractivity contribution in [3.63, 3.8) is 0 Å². The van der Waals surface area contributed by atoms with Gasteiger partial charge in [-0.1, -0.05) is 31.1 Å². The van der Waals surface area contributed by atoms with Gasteiger partial charge in [0.05, 0.1) is 0 Å². The Bertz CT molecular complexity index is 623. The average Bonchev–Trinajstić information content (AvgIpc) is 2.72. The van der Waals surface area contributed by atoms with Crippen molar-refractivity contribution in [2.24, 2.45) is 4.99 Å². The van der Waals surface area contributed by atoms with Crippen LogP contribution in [-0.4, -0.2) is 47.8 Å². The van der Waals surface area contributed by atoms with Crippen LogP contribution in [0.1, 0.15) is 64.7 Å². The van der Waals surface area contributed by atoms with Gasteiger partial charge in [-0.15, -0.1) is 0 Å². The van der Waals surface area contributed by atoms with Gasteiger partial charge < -0.3 is 15.1 Å². The summed E-state index contributed by atoms with van der Waals surface area (Å²) in [4.78, 5) is 18.8. The van der Waals surface area contributed by atoms with Crippen molar-refractivity contribution >= 4 is 38.9 Å². The fraction of sp³-hybridized carbons (Fsp3) is 0.789. The standard InChI is InChI=1S/C19H32N6S2/c1-2-3-6-11-20-17(26)21-16-22-18(24-12-7-4-8-13-24)27-19(23-16)25-14-9-5-10-15-25/h2-15H2,1H3,(H,20,26). The molecule has 0 saturated carbocycles. The number of thiocarbonyl (C=S) groups is 1. The molecule has 3 rings (SSSR count). The van der Waals surface area contributed by atoms with E-state index in [2.05, 4.69) is 27.0 Å². The molecular formula is C19H32N6S2. The highest BCUT2D eigenvalue weighted by Crippen LogP contribution is 2.28. The predicted octanol–water partition coefficient (Wildman–Crippen LogP) is 3.48. The Hall–Kier alpha value is -1.28. The van der Waals surface area contributed by atoms with Crippen LogP contribution in [0.5, 0.6) is 0 Å². The smallest absolute Gasteiger partial charge is 0.257 e. The molecule has 27 heavy (non-hydrogen) atoms.